The van der Waals surface area contributed by atoms with E-state index >= 15 is 0 Å². The van der Waals surface area contributed by atoms with Gasteiger partial charge in [0.15, 0.2) is 0 Å². The van der Waals surface area contributed by atoms with Gasteiger partial charge in [0.25, 0.3) is 0 Å². The number of piperidine rings is 1. The lowest BCUT2D eigenvalue weighted by Gasteiger charge is -2.69. The van der Waals surface area contributed by atoms with Gasteiger partial charge in [0, 0.05) is 69.6 Å². The molecule has 0 aromatic rings. The third-order valence-electron chi connectivity index (χ3n) is 11.3. The molecule has 0 aromatic carbocycles. The Balaban J connectivity index is 1.66. The minimum atomic E-state index is -1.67. The van der Waals surface area contributed by atoms with Crippen LogP contribution >= 0.6 is 0 Å². The molecule has 9 nitrogen and oxygen atoms in total. The van der Waals surface area contributed by atoms with Crippen LogP contribution in [0, 0.1) is 34.5 Å². The summed E-state index contributed by atoms with van der Waals surface area (Å²) in [6, 6.07) is -0.131. The molecule has 0 radical (unpaired) electrons. The van der Waals surface area contributed by atoms with E-state index in [9.17, 15) is 20.4 Å². The first-order valence-corrected chi connectivity index (χ1v) is 12.2. The number of ether oxygens (including phenoxy) is 4. The van der Waals surface area contributed by atoms with Gasteiger partial charge in [0.1, 0.15) is 23.4 Å². The summed E-state index contributed by atoms with van der Waals surface area (Å²) in [5, 5.41) is 47.3. The zero-order chi connectivity index (χ0) is 23.7. The molecule has 14 atom stereocenters. The highest BCUT2D eigenvalue weighted by Gasteiger charge is 2.89. The maximum atomic E-state index is 12.5. The van der Waals surface area contributed by atoms with Gasteiger partial charge in [-0.05, 0) is 32.2 Å². The summed E-state index contributed by atoms with van der Waals surface area (Å²) in [4.78, 5) is 2.31. The fourth-order valence-corrected chi connectivity index (χ4v) is 10.9. The Bertz CT molecular complexity index is 830. The molecule has 1 aliphatic heterocycles. The number of nitrogens with zero attached hydrogens (tertiary/aromatic N) is 1. The van der Waals surface area contributed by atoms with E-state index in [0.717, 1.165) is 19.4 Å². The number of aliphatic hydroxyl groups excluding tert-OH is 2. The Kier molecular flexibility index (Phi) is 4.82. The van der Waals surface area contributed by atoms with Crippen molar-refractivity contribution in [1.29, 1.82) is 0 Å². The van der Waals surface area contributed by atoms with E-state index in [1.807, 2.05) is 0 Å². The minimum absolute atomic E-state index is 0.00206. The Morgan fingerprint density at radius 2 is 1.70 bits per heavy atom. The number of rotatable bonds is 5. The van der Waals surface area contributed by atoms with Crippen LogP contribution < -0.4 is 0 Å². The van der Waals surface area contributed by atoms with E-state index in [1.54, 1.807) is 21.3 Å². The van der Waals surface area contributed by atoms with Gasteiger partial charge in [0.2, 0.25) is 0 Å². The fraction of sp³-hybridized carbons (Fsp3) is 1.00. The van der Waals surface area contributed by atoms with Crippen LogP contribution in [-0.4, -0.2) is 122 Å². The van der Waals surface area contributed by atoms with Crippen LogP contribution in [0.2, 0.25) is 0 Å². The standard InChI is InChI=1S/C24H39NO8/c1-25-9-21(10-30-2)7-6-12(31-3)23-11-8-22(28)18(26)13(11)24(29,19(27)20(22)33-5)14(17(23)25)15(32-4)16(21)23/h11-20,26-29H,6-10H2,1-5H3/t11-,12+,13-,14?,15+,16-,17-,18-,19+,20+,21+,22-,23+,24-/m0/s1. The molecule has 1 unspecified atom stereocenters. The smallest absolute Gasteiger partial charge is 0.120 e. The minimum Gasteiger partial charge on any atom is -0.390 e. The molecule has 5 saturated carbocycles. The second-order valence-corrected chi connectivity index (χ2v) is 11.9. The third kappa shape index (κ3) is 2.15. The average Bonchev–Trinajstić information content (AvgIpc) is 3.16. The predicted molar refractivity (Wildman–Crippen MR) is 115 cm³/mol. The van der Waals surface area contributed by atoms with Gasteiger partial charge in [-0.3, -0.25) is 0 Å². The zero-order valence-corrected chi connectivity index (χ0v) is 20.2. The zero-order valence-electron chi connectivity index (χ0n) is 20.2. The Labute approximate surface area is 194 Å². The van der Waals surface area contributed by atoms with Gasteiger partial charge in [-0.2, -0.15) is 0 Å². The van der Waals surface area contributed by atoms with Crippen LogP contribution in [0.15, 0.2) is 0 Å². The highest BCUT2D eigenvalue weighted by molar-refractivity contribution is 5.39. The van der Waals surface area contributed by atoms with Crippen LogP contribution in [-0.2, 0) is 18.9 Å². The number of hydrogen-bond donors (Lipinski definition) is 4. The van der Waals surface area contributed by atoms with Gasteiger partial charge in [-0.15, -0.1) is 0 Å². The molecule has 6 aliphatic rings. The molecule has 33 heavy (non-hydrogen) atoms. The van der Waals surface area contributed by atoms with E-state index in [2.05, 4.69) is 11.9 Å². The Hall–Kier alpha value is -0.360. The second-order valence-electron chi connectivity index (χ2n) is 11.9. The highest BCUT2D eigenvalue weighted by Crippen LogP contribution is 2.79. The largest absolute Gasteiger partial charge is 0.390 e. The molecule has 1 spiro atoms. The molecule has 6 fully saturated rings. The van der Waals surface area contributed by atoms with Crippen molar-refractivity contribution in [1.82, 2.24) is 4.90 Å². The molecule has 0 aromatic heterocycles. The quantitative estimate of drug-likeness (QED) is 0.396. The van der Waals surface area contributed by atoms with Crippen LogP contribution in [0.4, 0.5) is 0 Å². The summed E-state index contributed by atoms with van der Waals surface area (Å²) >= 11 is 0. The topological polar surface area (TPSA) is 121 Å². The molecule has 4 N–H and O–H groups in total. The van der Waals surface area contributed by atoms with Crippen LogP contribution in [0.1, 0.15) is 19.3 Å². The van der Waals surface area contributed by atoms with Gasteiger partial charge in [-0.1, -0.05) is 0 Å². The van der Waals surface area contributed by atoms with E-state index in [0.29, 0.717) is 6.61 Å². The van der Waals surface area contributed by atoms with E-state index in [1.165, 1.54) is 7.11 Å². The van der Waals surface area contributed by atoms with Crippen LogP contribution in [0.3, 0.4) is 0 Å². The van der Waals surface area contributed by atoms with E-state index < -0.39 is 46.8 Å². The van der Waals surface area contributed by atoms with Crippen molar-refractivity contribution in [3.8, 4) is 0 Å². The lowest BCUT2D eigenvalue weighted by Crippen LogP contribution is -2.79. The Morgan fingerprint density at radius 3 is 2.30 bits per heavy atom. The third-order valence-corrected chi connectivity index (χ3v) is 11.3. The summed E-state index contributed by atoms with van der Waals surface area (Å²) in [6.07, 6.45) is -2.14. The maximum Gasteiger partial charge on any atom is 0.120 e. The van der Waals surface area contributed by atoms with Crippen molar-refractivity contribution >= 4 is 0 Å². The molecule has 0 amide bonds. The number of hydrogen-bond acceptors (Lipinski definition) is 9. The van der Waals surface area contributed by atoms with Crippen molar-refractivity contribution < 1.29 is 39.4 Å². The lowest BCUT2D eigenvalue weighted by molar-refractivity contribution is -0.314. The first kappa shape index (κ1) is 23.1. The number of methoxy groups -OCH3 is 4. The normalized spacial score (nSPS) is 63.2. The van der Waals surface area contributed by atoms with Gasteiger partial charge in [0.05, 0.1) is 24.9 Å². The predicted octanol–water partition coefficient (Wildman–Crippen LogP) is -1.15. The van der Waals surface area contributed by atoms with Gasteiger partial charge >= 0.3 is 0 Å². The van der Waals surface area contributed by atoms with Gasteiger partial charge in [-0.25, -0.2) is 0 Å². The summed E-state index contributed by atoms with van der Waals surface area (Å²) < 4.78 is 23.9. The monoisotopic (exact) mass is 469 g/mol. The van der Waals surface area contributed by atoms with E-state index in [4.69, 9.17) is 18.9 Å². The number of fused-ring (bicyclic) bond motifs is 2. The van der Waals surface area contributed by atoms with Crippen molar-refractivity contribution in [3.05, 3.63) is 0 Å². The SMILES string of the molecule is COC[C@]12CC[C@@H](OC)[C@@]34[C@H](C([C@@H](OC)[C@@H]13)[C@@]1(O)[C@@H]3[C@H](O)[C@@](O)(C[C@@H]34)[C@H](OC)[C@H]1O)N(C)C2. The van der Waals surface area contributed by atoms with E-state index in [-0.39, 0.29) is 41.9 Å². The molecule has 6 rings (SSSR count). The summed E-state index contributed by atoms with van der Waals surface area (Å²) in [5.74, 6) is -1.44. The molecule has 9 heteroatoms. The number of aliphatic hydroxyl groups is 4. The summed E-state index contributed by atoms with van der Waals surface area (Å²) in [6.45, 7) is 1.36. The van der Waals surface area contributed by atoms with Crippen molar-refractivity contribution in [2.45, 2.75) is 67.0 Å². The van der Waals surface area contributed by atoms with Crippen molar-refractivity contribution in [2.75, 3.05) is 48.6 Å². The molecule has 7 bridgehead atoms. The molecule has 1 saturated heterocycles. The molecular weight excluding hydrogens is 430 g/mol. The summed E-state index contributed by atoms with van der Waals surface area (Å²) in [5.41, 5.74) is -3.98. The Morgan fingerprint density at radius 1 is 0.970 bits per heavy atom. The first-order chi connectivity index (χ1) is 15.6. The number of likely N-dealkylation sites (tertiary alicyclic amines) is 1. The lowest BCUT2D eigenvalue weighted by atomic mass is 9.43. The second kappa shape index (κ2) is 6.89. The molecule has 188 valence electrons. The summed E-state index contributed by atoms with van der Waals surface area (Å²) in [7, 11) is 8.66. The highest BCUT2D eigenvalue weighted by atomic mass is 16.5. The molecular formula is C24H39NO8. The van der Waals surface area contributed by atoms with Crippen molar-refractivity contribution in [2.24, 2.45) is 34.5 Å². The first-order valence-electron chi connectivity index (χ1n) is 12.2. The van der Waals surface area contributed by atoms with Crippen molar-refractivity contribution in [3.63, 3.8) is 0 Å². The molecule has 1 heterocycles. The maximum absolute atomic E-state index is 12.5. The van der Waals surface area contributed by atoms with Crippen LogP contribution in [0.25, 0.3) is 0 Å². The van der Waals surface area contributed by atoms with Crippen LogP contribution in [0.5, 0.6) is 0 Å². The fourth-order valence-electron chi connectivity index (χ4n) is 10.9. The molecule has 5 aliphatic carbocycles. The van der Waals surface area contributed by atoms with Gasteiger partial charge < -0.3 is 44.3 Å². The average molecular weight is 470 g/mol.